The van der Waals surface area contributed by atoms with Crippen LogP contribution >= 0.6 is 0 Å². The van der Waals surface area contributed by atoms with E-state index in [0.717, 1.165) is 0 Å². The Kier molecular flexibility index (Phi) is 6.30. The van der Waals surface area contributed by atoms with Crippen molar-refractivity contribution in [3.63, 3.8) is 0 Å². The van der Waals surface area contributed by atoms with E-state index in [0.29, 0.717) is 0 Å². The summed E-state index contributed by atoms with van der Waals surface area (Å²) < 4.78 is 15.9. The number of aliphatic hydroxyl groups is 7. The Morgan fingerprint density at radius 2 is 1.35 bits per heavy atom. The van der Waals surface area contributed by atoms with Crippen molar-refractivity contribution in [2.45, 2.75) is 68.1 Å². The normalized spacial score (nSPS) is 51.7. The second kappa shape index (κ2) is 7.66. The highest BCUT2D eigenvalue weighted by Gasteiger charge is 2.49. The molecule has 2 rings (SSSR count). The smallest absolute Gasteiger partial charge is 0.187 e. The third kappa shape index (κ3) is 3.66. The molecule has 6 unspecified atom stereocenters. The Morgan fingerprint density at radius 1 is 0.739 bits per heavy atom. The Bertz CT molecular complexity index is 378. The van der Waals surface area contributed by atoms with Crippen molar-refractivity contribution in [2.75, 3.05) is 13.2 Å². The lowest BCUT2D eigenvalue weighted by atomic mass is 9.95. The lowest BCUT2D eigenvalue weighted by Crippen LogP contribution is -2.64. The lowest BCUT2D eigenvalue weighted by Gasteiger charge is -2.45. The van der Waals surface area contributed by atoms with Gasteiger partial charge in [-0.3, -0.25) is 0 Å². The molecule has 0 spiro atoms. The zero-order valence-electron chi connectivity index (χ0n) is 12.5. The predicted molar refractivity (Wildman–Crippen MR) is 72.1 cm³/mol. The molecule has 10 atom stereocenters. The first kappa shape index (κ1) is 18.9. The van der Waals surface area contributed by atoms with E-state index in [1.807, 2.05) is 0 Å². The van der Waals surface area contributed by atoms with E-state index in [4.69, 9.17) is 19.3 Å². The van der Waals surface area contributed by atoms with Crippen LogP contribution in [0.3, 0.4) is 0 Å². The summed E-state index contributed by atoms with van der Waals surface area (Å²) in [5.74, 6) is 0. The maximum Gasteiger partial charge on any atom is 0.187 e. The molecule has 0 amide bonds. The molecule has 0 aromatic carbocycles. The minimum Gasteiger partial charge on any atom is -0.394 e. The van der Waals surface area contributed by atoms with Crippen LogP contribution < -0.4 is 0 Å². The van der Waals surface area contributed by atoms with E-state index in [1.54, 1.807) is 0 Å². The van der Waals surface area contributed by atoms with Gasteiger partial charge in [-0.25, -0.2) is 0 Å². The molecule has 2 saturated heterocycles. The molecule has 10 heteroatoms. The van der Waals surface area contributed by atoms with Crippen LogP contribution in [0.2, 0.25) is 0 Å². The van der Waals surface area contributed by atoms with Crippen LogP contribution in [0, 0.1) is 0 Å². The topological polar surface area (TPSA) is 169 Å². The van der Waals surface area contributed by atoms with Crippen LogP contribution in [-0.4, -0.2) is 110 Å². The molecule has 0 aromatic rings. The van der Waals surface area contributed by atoms with Gasteiger partial charge in [-0.2, -0.15) is 0 Å². The minimum atomic E-state index is -1.66. The van der Waals surface area contributed by atoms with Gasteiger partial charge in [0, 0.05) is 0 Å². The Labute approximate surface area is 132 Å². The first-order valence-corrected chi connectivity index (χ1v) is 7.40. The number of rotatable bonds is 4. The molecule has 0 aromatic heterocycles. The second-order valence-electron chi connectivity index (χ2n) is 5.84. The molecule has 2 fully saturated rings. The average Bonchev–Trinajstić information content (AvgIpc) is 2.55. The largest absolute Gasteiger partial charge is 0.394 e. The molecule has 7 N–H and O–H groups in total. The fourth-order valence-electron chi connectivity index (χ4n) is 2.78. The third-order valence-electron chi connectivity index (χ3n) is 4.24. The van der Waals surface area contributed by atoms with Crippen LogP contribution in [0.4, 0.5) is 0 Å². The summed E-state index contributed by atoms with van der Waals surface area (Å²) in [7, 11) is 0. The van der Waals surface area contributed by atoms with Gasteiger partial charge < -0.3 is 50.0 Å². The third-order valence-corrected chi connectivity index (χ3v) is 4.24. The molecule has 0 bridgehead atoms. The molecule has 0 radical (unpaired) electrons. The van der Waals surface area contributed by atoms with E-state index < -0.39 is 74.4 Å². The highest BCUT2D eigenvalue weighted by Crippen LogP contribution is 2.28. The number of hydrogen-bond donors (Lipinski definition) is 7. The molecular formula is C13H24O10. The quantitative estimate of drug-likeness (QED) is 0.265. The summed E-state index contributed by atoms with van der Waals surface area (Å²) in [5, 5.41) is 67.8. The highest BCUT2D eigenvalue weighted by atomic mass is 16.7. The first-order chi connectivity index (χ1) is 10.8. The minimum absolute atomic E-state index is 0.518. The van der Waals surface area contributed by atoms with E-state index in [-0.39, 0.29) is 0 Å². The zero-order valence-corrected chi connectivity index (χ0v) is 12.5. The maximum absolute atomic E-state index is 10.1. The fourth-order valence-corrected chi connectivity index (χ4v) is 2.78. The van der Waals surface area contributed by atoms with E-state index >= 15 is 0 Å². The summed E-state index contributed by atoms with van der Waals surface area (Å²) >= 11 is 0. The van der Waals surface area contributed by atoms with E-state index in [1.165, 1.54) is 6.92 Å². The maximum atomic E-state index is 10.1. The molecule has 2 heterocycles. The zero-order chi connectivity index (χ0) is 17.3. The van der Waals surface area contributed by atoms with Crippen molar-refractivity contribution < 1.29 is 50.0 Å². The summed E-state index contributed by atoms with van der Waals surface area (Å²) in [6.45, 7) is 0.369. The molecule has 23 heavy (non-hydrogen) atoms. The van der Waals surface area contributed by atoms with Gasteiger partial charge in [-0.1, -0.05) is 0 Å². The van der Waals surface area contributed by atoms with Gasteiger partial charge in [0.2, 0.25) is 0 Å². The van der Waals surface area contributed by atoms with Crippen molar-refractivity contribution in [1.29, 1.82) is 0 Å². The van der Waals surface area contributed by atoms with Crippen molar-refractivity contribution in [2.24, 2.45) is 0 Å². The Morgan fingerprint density at radius 3 is 1.91 bits per heavy atom. The molecular weight excluding hydrogens is 316 g/mol. The van der Waals surface area contributed by atoms with E-state index in [2.05, 4.69) is 0 Å². The second-order valence-corrected chi connectivity index (χ2v) is 5.84. The standard InChI is InChI=1S/C13H24O10/c1-4-7(16)10(19)12(6(3-15)21-4)23-13-11(20)9(18)8(17)5(2-14)22-13/h4-20H,2-3H2,1H3/t4?,5?,6?,7?,8-,9?,10?,11-,12+,13-/m0/s1. The van der Waals surface area contributed by atoms with Gasteiger partial charge in [0.25, 0.3) is 0 Å². The van der Waals surface area contributed by atoms with Gasteiger partial charge in [-0.05, 0) is 6.92 Å². The Hall–Kier alpha value is -0.400. The summed E-state index contributed by atoms with van der Waals surface area (Å²) in [5.41, 5.74) is 0. The van der Waals surface area contributed by atoms with Crippen molar-refractivity contribution in [1.82, 2.24) is 0 Å². The fraction of sp³-hybridized carbons (Fsp3) is 1.00. The highest BCUT2D eigenvalue weighted by molar-refractivity contribution is 4.94. The van der Waals surface area contributed by atoms with E-state index in [9.17, 15) is 30.6 Å². The monoisotopic (exact) mass is 340 g/mol. The van der Waals surface area contributed by atoms with Gasteiger partial charge >= 0.3 is 0 Å². The van der Waals surface area contributed by atoms with Crippen molar-refractivity contribution in [3.8, 4) is 0 Å². The van der Waals surface area contributed by atoms with Gasteiger partial charge in [0.05, 0.1) is 19.3 Å². The predicted octanol–water partition coefficient (Wildman–Crippen LogP) is -4.33. The summed E-state index contributed by atoms with van der Waals surface area (Å²) in [6.07, 6.45) is -13.2. The Balaban J connectivity index is 2.11. The number of hydrogen-bond acceptors (Lipinski definition) is 10. The van der Waals surface area contributed by atoms with Crippen LogP contribution in [0.25, 0.3) is 0 Å². The molecule has 0 aliphatic carbocycles. The van der Waals surface area contributed by atoms with Crippen molar-refractivity contribution in [3.05, 3.63) is 0 Å². The molecule has 10 nitrogen and oxygen atoms in total. The lowest BCUT2D eigenvalue weighted by molar-refractivity contribution is -0.341. The van der Waals surface area contributed by atoms with Gasteiger partial charge in [0.15, 0.2) is 6.29 Å². The van der Waals surface area contributed by atoms with Crippen LogP contribution in [-0.2, 0) is 14.2 Å². The molecule has 2 aliphatic rings. The van der Waals surface area contributed by atoms with Crippen LogP contribution in [0.15, 0.2) is 0 Å². The average molecular weight is 340 g/mol. The van der Waals surface area contributed by atoms with Crippen molar-refractivity contribution >= 4 is 0 Å². The first-order valence-electron chi connectivity index (χ1n) is 7.40. The van der Waals surface area contributed by atoms with Gasteiger partial charge in [-0.15, -0.1) is 0 Å². The van der Waals surface area contributed by atoms with Crippen LogP contribution in [0.5, 0.6) is 0 Å². The number of aliphatic hydroxyl groups excluding tert-OH is 7. The number of ether oxygens (including phenoxy) is 3. The molecule has 2 aliphatic heterocycles. The molecule has 0 saturated carbocycles. The summed E-state index contributed by atoms with van der Waals surface area (Å²) in [4.78, 5) is 0. The van der Waals surface area contributed by atoms with Crippen LogP contribution in [0.1, 0.15) is 6.92 Å². The summed E-state index contributed by atoms with van der Waals surface area (Å²) in [6, 6.07) is 0. The van der Waals surface area contributed by atoms with Gasteiger partial charge in [0.1, 0.15) is 48.8 Å². The SMILES string of the molecule is CC1OC(CO)[C@@H](O[C@@H]2OC(CO)[C@H](O)C(O)[C@@H]2O)C(O)C1O. The molecule has 136 valence electrons.